The van der Waals surface area contributed by atoms with Crippen LogP contribution in [0.3, 0.4) is 0 Å². The molecule has 294 valence electrons. The quantitative estimate of drug-likeness (QED) is 0.215. The van der Waals surface area contributed by atoms with Crippen molar-refractivity contribution in [1.29, 1.82) is 5.26 Å². The molecule has 4 aliphatic heterocycles. The summed E-state index contributed by atoms with van der Waals surface area (Å²) in [7, 11) is 0. The molecule has 13 nitrogen and oxygen atoms in total. The molecular formula is C43H45ClN8O5. The number of anilines is 2. The van der Waals surface area contributed by atoms with Crippen LogP contribution in [0.4, 0.5) is 11.4 Å². The van der Waals surface area contributed by atoms with E-state index in [9.17, 15) is 19.2 Å². The molecule has 57 heavy (non-hydrogen) atoms. The number of fused-ring (bicyclic) bond motifs is 2. The Labute approximate surface area is 335 Å². The number of nitriles is 1. The van der Waals surface area contributed by atoms with Crippen LogP contribution in [0, 0.1) is 17.2 Å². The van der Waals surface area contributed by atoms with Gasteiger partial charge in [0.1, 0.15) is 23.7 Å². The average molecular weight is 789 g/mol. The van der Waals surface area contributed by atoms with E-state index in [1.807, 2.05) is 12.1 Å². The van der Waals surface area contributed by atoms with Crippen molar-refractivity contribution >= 4 is 57.6 Å². The predicted molar refractivity (Wildman–Crippen MR) is 215 cm³/mol. The summed E-state index contributed by atoms with van der Waals surface area (Å²) in [4.78, 5) is 67.5. The van der Waals surface area contributed by atoms with E-state index in [0.29, 0.717) is 39.3 Å². The number of amides is 4. The van der Waals surface area contributed by atoms with Crippen molar-refractivity contribution in [1.82, 2.24) is 25.1 Å². The summed E-state index contributed by atoms with van der Waals surface area (Å²) in [5.74, 6) is 0.819. The lowest BCUT2D eigenvalue weighted by atomic mass is 9.87. The Morgan fingerprint density at radius 3 is 2.25 bits per heavy atom. The van der Waals surface area contributed by atoms with Gasteiger partial charge in [0.05, 0.1) is 38.9 Å². The van der Waals surface area contributed by atoms with Crippen molar-refractivity contribution in [2.45, 2.75) is 69.4 Å². The molecule has 0 radical (unpaired) electrons. The Morgan fingerprint density at radius 2 is 1.51 bits per heavy atom. The van der Waals surface area contributed by atoms with E-state index in [1.165, 1.54) is 5.69 Å². The second-order valence-electron chi connectivity index (χ2n) is 16.1. The monoisotopic (exact) mass is 788 g/mol. The fraction of sp³-hybridized carbons (Fsp3) is 0.442. The largest absolute Gasteiger partial charge is 0.490 e. The number of hydrogen-bond donors (Lipinski definition) is 2. The zero-order valence-electron chi connectivity index (χ0n) is 31.7. The van der Waals surface area contributed by atoms with E-state index in [4.69, 9.17) is 26.6 Å². The Bertz CT molecular complexity index is 2280. The highest BCUT2D eigenvalue weighted by Crippen LogP contribution is 2.36. The van der Waals surface area contributed by atoms with E-state index in [0.717, 1.165) is 112 Å². The van der Waals surface area contributed by atoms with Crippen molar-refractivity contribution in [2.24, 2.45) is 5.92 Å². The first kappa shape index (κ1) is 37.1. The Balaban J connectivity index is 0.737. The number of imidazole rings is 1. The number of aromatic nitrogens is 2. The van der Waals surface area contributed by atoms with Gasteiger partial charge in [0.25, 0.3) is 11.8 Å². The molecule has 4 aromatic rings. The second-order valence-corrected chi connectivity index (χ2v) is 16.5. The molecule has 1 aliphatic carbocycles. The van der Waals surface area contributed by atoms with Gasteiger partial charge in [-0.2, -0.15) is 5.26 Å². The third-order valence-corrected chi connectivity index (χ3v) is 12.9. The number of imide groups is 2. The van der Waals surface area contributed by atoms with Gasteiger partial charge in [-0.1, -0.05) is 11.6 Å². The van der Waals surface area contributed by atoms with Crippen LogP contribution in [-0.2, 0) is 9.59 Å². The van der Waals surface area contributed by atoms with E-state index in [2.05, 4.69) is 49.3 Å². The molecule has 9 rings (SSSR count). The maximum atomic E-state index is 13.3. The minimum atomic E-state index is -0.963. The molecule has 1 aromatic heterocycles. The Morgan fingerprint density at radius 1 is 0.789 bits per heavy atom. The number of hydrogen-bond acceptors (Lipinski definition) is 10. The van der Waals surface area contributed by atoms with Crippen LogP contribution in [0.15, 0.2) is 54.6 Å². The molecule has 1 unspecified atom stereocenters. The highest BCUT2D eigenvalue weighted by atomic mass is 35.5. The number of piperidine rings is 2. The summed E-state index contributed by atoms with van der Waals surface area (Å²) in [6, 6.07) is 18.4. The number of nitrogens with one attached hydrogen (secondary N) is 2. The molecule has 4 amide bonds. The summed E-state index contributed by atoms with van der Waals surface area (Å²) >= 11 is 6.20. The van der Waals surface area contributed by atoms with E-state index in [-0.39, 0.29) is 24.9 Å². The fourth-order valence-electron chi connectivity index (χ4n) is 9.29. The van der Waals surface area contributed by atoms with Crippen molar-refractivity contribution in [2.75, 3.05) is 55.6 Å². The summed E-state index contributed by atoms with van der Waals surface area (Å²) in [6.07, 6.45) is 6.49. The number of ether oxygens (including phenoxy) is 1. The summed E-state index contributed by atoms with van der Waals surface area (Å²) in [5, 5.41) is 11.8. The molecule has 5 aliphatic rings. The Hall–Kier alpha value is -5.45. The first-order valence-electron chi connectivity index (χ1n) is 20.1. The average Bonchev–Trinajstić information content (AvgIpc) is 3.76. The molecule has 0 bridgehead atoms. The van der Waals surface area contributed by atoms with Crippen LogP contribution < -0.4 is 19.9 Å². The number of piperazine rings is 1. The van der Waals surface area contributed by atoms with E-state index >= 15 is 0 Å². The maximum Gasteiger partial charge on any atom is 0.262 e. The van der Waals surface area contributed by atoms with Gasteiger partial charge in [0.15, 0.2) is 0 Å². The fourth-order valence-corrected chi connectivity index (χ4v) is 9.51. The lowest BCUT2D eigenvalue weighted by Gasteiger charge is -2.40. The van der Waals surface area contributed by atoms with Gasteiger partial charge in [-0.15, -0.1) is 0 Å². The van der Waals surface area contributed by atoms with E-state index < -0.39 is 23.8 Å². The van der Waals surface area contributed by atoms with E-state index in [1.54, 1.807) is 24.3 Å². The van der Waals surface area contributed by atoms with Crippen molar-refractivity contribution < 1.29 is 23.9 Å². The van der Waals surface area contributed by atoms with Crippen molar-refractivity contribution in [3.63, 3.8) is 0 Å². The molecule has 14 heteroatoms. The SMILES string of the molecule is N#Cc1ccc(O[C@H]2CC[C@H](c3nc4cc(N5CCC(CN6CCN(c7ccc8c(c7)C(=O)N(C7CCC(=O)NC7=O)C8=O)CC6)CC5)ccc4[nH]3)CC2)cc1Cl. The number of carbonyl (C=O) groups excluding carboxylic acids is 4. The number of nitrogens with zero attached hydrogens (tertiary/aromatic N) is 6. The number of carbonyl (C=O) groups is 4. The maximum absolute atomic E-state index is 13.3. The molecule has 5 heterocycles. The highest BCUT2D eigenvalue weighted by molar-refractivity contribution is 6.31. The smallest absolute Gasteiger partial charge is 0.262 e. The molecule has 1 saturated carbocycles. The van der Waals surface area contributed by atoms with Gasteiger partial charge in [0, 0.05) is 75.6 Å². The number of aromatic amines is 1. The molecular weight excluding hydrogens is 744 g/mol. The molecule has 3 aromatic carbocycles. The summed E-state index contributed by atoms with van der Waals surface area (Å²) < 4.78 is 6.20. The number of benzene rings is 3. The number of rotatable bonds is 8. The molecule has 0 spiro atoms. The molecule has 2 N–H and O–H groups in total. The summed E-state index contributed by atoms with van der Waals surface area (Å²) in [6.45, 7) is 6.59. The zero-order valence-corrected chi connectivity index (χ0v) is 32.5. The number of halogens is 1. The van der Waals surface area contributed by atoms with Crippen LogP contribution in [0.1, 0.15) is 89.4 Å². The van der Waals surface area contributed by atoms with Crippen LogP contribution in [0.5, 0.6) is 5.75 Å². The van der Waals surface area contributed by atoms with Gasteiger partial charge in [0.2, 0.25) is 11.8 Å². The van der Waals surface area contributed by atoms with Crippen LogP contribution in [-0.4, -0.2) is 101 Å². The van der Waals surface area contributed by atoms with Crippen molar-refractivity contribution in [3.8, 4) is 11.8 Å². The summed E-state index contributed by atoms with van der Waals surface area (Å²) in [5.41, 5.74) is 5.29. The van der Waals surface area contributed by atoms with Crippen LogP contribution >= 0.6 is 11.6 Å². The van der Waals surface area contributed by atoms with Gasteiger partial charge >= 0.3 is 0 Å². The minimum absolute atomic E-state index is 0.100. The topological polar surface area (TPSA) is 155 Å². The standard InChI is InChI=1S/C43H45ClN8O5/c44-35-23-32(8-3-28(35)24-45)57-31-6-1-27(2-7-31)40-46-36-10-5-30(22-37(36)47-40)50-15-13-26(14-16-50)25-49-17-19-51(20-18-49)29-4-9-33-34(21-29)43(56)52(42(33)55)38-11-12-39(53)48-41(38)54/h3-5,8-10,21-23,26-27,31,38H,1-2,6-7,11-20,25H2,(H,46,47)(H,48,53,54)/t27-,31-,38?. The second kappa shape index (κ2) is 15.5. The van der Waals surface area contributed by atoms with Gasteiger partial charge in [-0.3, -0.25) is 34.3 Å². The third kappa shape index (κ3) is 7.44. The lowest BCUT2D eigenvalue weighted by Crippen LogP contribution is -2.54. The highest BCUT2D eigenvalue weighted by Gasteiger charge is 2.45. The Kier molecular flexibility index (Phi) is 10.1. The van der Waals surface area contributed by atoms with Gasteiger partial charge in [-0.25, -0.2) is 4.98 Å². The molecule has 1 atom stereocenters. The lowest BCUT2D eigenvalue weighted by molar-refractivity contribution is -0.136. The number of H-pyrrole nitrogens is 1. The predicted octanol–water partition coefficient (Wildman–Crippen LogP) is 5.63. The van der Waals surface area contributed by atoms with Crippen LogP contribution in [0.2, 0.25) is 5.02 Å². The minimum Gasteiger partial charge on any atom is -0.490 e. The van der Waals surface area contributed by atoms with Gasteiger partial charge < -0.3 is 19.5 Å². The molecule has 3 saturated heterocycles. The van der Waals surface area contributed by atoms with Crippen LogP contribution in [0.25, 0.3) is 11.0 Å². The van der Waals surface area contributed by atoms with Gasteiger partial charge in [-0.05, 0) is 99.4 Å². The first-order valence-corrected chi connectivity index (χ1v) is 20.5. The molecule has 4 fully saturated rings. The third-order valence-electron chi connectivity index (χ3n) is 12.6. The normalized spacial score (nSPS) is 23.5. The van der Waals surface area contributed by atoms with Crippen molar-refractivity contribution in [3.05, 3.63) is 82.1 Å². The zero-order chi connectivity index (χ0) is 39.2. The first-order chi connectivity index (χ1) is 27.7.